The Balaban J connectivity index is 1.27. The molecule has 0 spiro atoms. The lowest BCUT2D eigenvalue weighted by Gasteiger charge is -2.58. The lowest BCUT2D eigenvalue weighted by Crippen LogP contribution is -2.76. The minimum absolute atomic E-state index is 0.226. The number of aromatic nitrogens is 2. The molecule has 4 unspecified atom stereocenters. The summed E-state index contributed by atoms with van der Waals surface area (Å²) >= 11 is 6.31. The molecular weight excluding hydrogens is 571 g/mol. The fourth-order valence-corrected chi connectivity index (χ4v) is 7.05. The largest absolute Gasteiger partial charge is 0.474 e. The van der Waals surface area contributed by atoms with E-state index in [0.717, 1.165) is 7.11 Å². The average molecular weight is 604 g/mol. The molecule has 1 aromatic heterocycles. The number of amides is 1. The zero-order valence-corrected chi connectivity index (χ0v) is 24.5. The Bertz CT molecular complexity index is 1440. The fraction of sp³-hybridized carbons (Fsp3) is 0.533. The number of allylic oxidation sites excluding steroid dienone is 1. The molecule has 42 heavy (non-hydrogen) atoms. The molecule has 4 atom stereocenters. The maximum Gasteiger partial charge on any atom is 0.283 e. The minimum Gasteiger partial charge on any atom is -0.474 e. The van der Waals surface area contributed by atoms with Gasteiger partial charge in [0.25, 0.3) is 5.92 Å². The maximum absolute atomic E-state index is 15.8. The first-order chi connectivity index (χ1) is 19.8. The molecule has 224 valence electrons. The normalized spacial score (nSPS) is 29.4. The predicted octanol–water partition coefficient (Wildman–Crippen LogP) is 6.44. The number of nitrogens with zero attached hydrogens (tertiary/aromatic N) is 4. The number of rotatable bonds is 9. The van der Waals surface area contributed by atoms with Crippen molar-refractivity contribution < 1.29 is 27.4 Å². The molecule has 2 aliphatic heterocycles. The van der Waals surface area contributed by atoms with Crippen LogP contribution in [0.4, 0.5) is 24.7 Å². The van der Waals surface area contributed by atoms with Gasteiger partial charge in [-0.15, -0.1) is 6.58 Å². The molecule has 0 radical (unpaired) electrons. The van der Waals surface area contributed by atoms with Crippen molar-refractivity contribution in [3.8, 4) is 11.9 Å². The van der Waals surface area contributed by atoms with Crippen molar-refractivity contribution in [1.82, 2.24) is 14.9 Å². The van der Waals surface area contributed by atoms with E-state index in [1.807, 2.05) is 6.07 Å². The van der Waals surface area contributed by atoms with Gasteiger partial charge < -0.3 is 19.7 Å². The van der Waals surface area contributed by atoms with Crippen LogP contribution in [-0.2, 0) is 9.53 Å². The van der Waals surface area contributed by atoms with Gasteiger partial charge in [-0.1, -0.05) is 17.2 Å². The van der Waals surface area contributed by atoms with Crippen LogP contribution in [0.15, 0.2) is 36.7 Å². The van der Waals surface area contributed by atoms with Crippen molar-refractivity contribution in [1.29, 1.82) is 5.26 Å². The molecule has 3 fully saturated rings. The number of piperidine rings is 1. The zero-order chi connectivity index (χ0) is 30.4. The Labute approximate surface area is 247 Å². The highest BCUT2D eigenvalue weighted by molar-refractivity contribution is 6.33. The van der Waals surface area contributed by atoms with Crippen LogP contribution in [0.2, 0.25) is 5.02 Å². The molecule has 2 aromatic rings. The van der Waals surface area contributed by atoms with Gasteiger partial charge in [0, 0.05) is 38.5 Å². The van der Waals surface area contributed by atoms with Crippen molar-refractivity contribution >= 4 is 29.0 Å². The summed E-state index contributed by atoms with van der Waals surface area (Å²) in [5.41, 5.74) is -2.83. The molecule has 1 amide bonds. The van der Waals surface area contributed by atoms with Gasteiger partial charge in [-0.05, 0) is 44.9 Å². The van der Waals surface area contributed by atoms with Gasteiger partial charge in [-0.3, -0.25) is 4.79 Å². The lowest BCUT2D eigenvalue weighted by molar-refractivity contribution is -0.341. The Morgan fingerprint density at radius 2 is 1.93 bits per heavy atom. The molecular formula is C30H33ClF3N5O3. The molecule has 12 heteroatoms. The van der Waals surface area contributed by atoms with Gasteiger partial charge in [0.05, 0.1) is 40.7 Å². The van der Waals surface area contributed by atoms with Crippen LogP contribution < -0.4 is 10.1 Å². The van der Waals surface area contributed by atoms with Crippen molar-refractivity contribution in [2.24, 2.45) is 0 Å². The number of fused-ring (bicyclic) bond motifs is 2. The smallest absolute Gasteiger partial charge is 0.283 e. The standard InChI is InChI=1S/C30H33ClF3N5O3/c1-17(2)12-28(32)15-30(33,34)29(28,41-4)13-25(40)39-20-6-7-21(39)11-22(10-20)42-27-18(3)26(36-16-37-27)38-24-8-5-19(14-35)9-23(24)31/h5,8-9,16,20-22H,1,6-7,10-13,15H2,2-4H3,(H,36,37,38). The molecule has 8 nitrogen and oxygen atoms in total. The highest BCUT2D eigenvalue weighted by atomic mass is 35.5. The second kappa shape index (κ2) is 11.0. The van der Waals surface area contributed by atoms with Crippen molar-refractivity contribution in [2.45, 2.75) is 94.2 Å². The van der Waals surface area contributed by atoms with Gasteiger partial charge in [0.2, 0.25) is 11.8 Å². The van der Waals surface area contributed by atoms with Gasteiger partial charge >= 0.3 is 0 Å². The fourth-order valence-electron chi connectivity index (χ4n) is 6.82. The number of carbonyl (C=O) groups is 1. The Kier molecular flexibility index (Phi) is 7.92. The maximum atomic E-state index is 15.8. The van der Waals surface area contributed by atoms with Gasteiger partial charge in [0.1, 0.15) is 18.2 Å². The van der Waals surface area contributed by atoms with Crippen LogP contribution in [0.3, 0.4) is 0 Å². The molecule has 1 aromatic carbocycles. The number of methoxy groups -OCH3 is 1. The van der Waals surface area contributed by atoms with E-state index >= 15 is 4.39 Å². The van der Waals surface area contributed by atoms with Crippen LogP contribution in [-0.4, -0.2) is 63.3 Å². The first-order valence-electron chi connectivity index (χ1n) is 13.9. The molecule has 3 heterocycles. The van der Waals surface area contributed by atoms with E-state index in [1.165, 1.54) is 6.33 Å². The number of anilines is 2. The van der Waals surface area contributed by atoms with Crippen LogP contribution in [0.1, 0.15) is 63.0 Å². The van der Waals surface area contributed by atoms with Crippen molar-refractivity contribution in [2.75, 3.05) is 12.4 Å². The third kappa shape index (κ3) is 5.09. The number of alkyl halides is 3. The first kappa shape index (κ1) is 30.1. The second-order valence-electron chi connectivity index (χ2n) is 11.7. The summed E-state index contributed by atoms with van der Waals surface area (Å²) in [6, 6.07) is 6.47. The van der Waals surface area contributed by atoms with Gasteiger partial charge in [-0.2, -0.15) is 5.26 Å². The summed E-state index contributed by atoms with van der Waals surface area (Å²) in [6.07, 6.45) is 1.44. The first-order valence-corrected chi connectivity index (χ1v) is 14.2. The zero-order valence-electron chi connectivity index (χ0n) is 23.7. The van der Waals surface area contributed by atoms with Crippen molar-refractivity contribution in [3.05, 3.63) is 52.8 Å². The van der Waals surface area contributed by atoms with Crippen molar-refractivity contribution in [3.63, 3.8) is 0 Å². The third-order valence-corrected chi connectivity index (χ3v) is 9.11. The number of nitriles is 1. The van der Waals surface area contributed by atoms with Gasteiger partial charge in [-0.25, -0.2) is 23.1 Å². The van der Waals surface area contributed by atoms with Gasteiger partial charge in [0.15, 0.2) is 11.3 Å². The summed E-state index contributed by atoms with van der Waals surface area (Å²) in [7, 11) is 1.05. The lowest BCUT2D eigenvalue weighted by atomic mass is 9.59. The summed E-state index contributed by atoms with van der Waals surface area (Å²) in [5.74, 6) is -3.15. The van der Waals surface area contributed by atoms with Crippen LogP contribution >= 0.6 is 11.6 Å². The number of halogens is 4. The van der Waals surface area contributed by atoms with E-state index in [1.54, 1.807) is 36.9 Å². The number of nitrogens with one attached hydrogen (secondary N) is 1. The van der Waals surface area contributed by atoms with E-state index in [-0.39, 0.29) is 24.6 Å². The Morgan fingerprint density at radius 3 is 2.50 bits per heavy atom. The van der Waals surface area contributed by atoms with Crippen LogP contribution in [0.25, 0.3) is 0 Å². The molecule has 1 saturated carbocycles. The van der Waals surface area contributed by atoms with E-state index in [4.69, 9.17) is 26.3 Å². The molecule has 3 aliphatic rings. The Hall–Kier alpha value is -3.36. The monoisotopic (exact) mass is 603 g/mol. The topological polar surface area (TPSA) is 100 Å². The molecule has 1 N–H and O–H groups in total. The number of ether oxygens (including phenoxy) is 2. The number of hydrogen-bond donors (Lipinski definition) is 1. The molecule has 2 bridgehead atoms. The molecule has 1 aliphatic carbocycles. The van der Waals surface area contributed by atoms with E-state index in [2.05, 4.69) is 21.9 Å². The quantitative estimate of drug-likeness (QED) is 0.329. The van der Waals surface area contributed by atoms with Crippen LogP contribution in [0.5, 0.6) is 5.88 Å². The minimum atomic E-state index is -3.47. The molecule has 2 saturated heterocycles. The summed E-state index contributed by atoms with van der Waals surface area (Å²) in [5, 5.41) is 12.6. The highest BCUT2D eigenvalue weighted by Gasteiger charge is 2.79. The second-order valence-corrected chi connectivity index (χ2v) is 12.1. The number of hydrogen-bond acceptors (Lipinski definition) is 7. The molecule has 5 rings (SSSR count). The number of benzene rings is 1. The number of carbonyl (C=O) groups excluding carboxylic acids is 1. The van der Waals surface area contributed by atoms with E-state index < -0.39 is 35.9 Å². The Morgan fingerprint density at radius 1 is 1.24 bits per heavy atom. The summed E-state index contributed by atoms with van der Waals surface area (Å²) in [6.45, 7) is 7.06. The van der Waals surface area contributed by atoms with E-state index in [0.29, 0.717) is 64.8 Å². The highest BCUT2D eigenvalue weighted by Crippen LogP contribution is 2.62. The SMILES string of the molecule is C=C(C)CC1(F)CC(F)(F)C1(CC(=O)N1C2CCC1CC(Oc1ncnc(Nc3ccc(C#N)cc3Cl)c1C)C2)OC. The third-order valence-electron chi connectivity index (χ3n) is 8.79. The summed E-state index contributed by atoms with van der Waals surface area (Å²) in [4.78, 5) is 23.8. The average Bonchev–Trinajstić information content (AvgIpc) is 3.19. The predicted molar refractivity (Wildman–Crippen MR) is 151 cm³/mol. The summed E-state index contributed by atoms with van der Waals surface area (Å²) < 4.78 is 57.0. The van der Waals surface area contributed by atoms with Crippen LogP contribution in [0, 0.1) is 18.3 Å². The van der Waals surface area contributed by atoms with E-state index in [9.17, 15) is 13.6 Å².